The van der Waals surface area contributed by atoms with Gasteiger partial charge < -0.3 is 4.74 Å². The SMILES string of the molecule is COc1cccc(CN2N=C3CN(Cc4ccc(Cl)cc4)CCC3C2=O)c1. The summed E-state index contributed by atoms with van der Waals surface area (Å²) in [6.07, 6.45) is 0.819. The number of benzene rings is 2. The summed E-state index contributed by atoms with van der Waals surface area (Å²) in [6.45, 7) is 2.94. The van der Waals surface area contributed by atoms with Gasteiger partial charge in [-0.2, -0.15) is 5.10 Å². The first-order valence-corrected chi connectivity index (χ1v) is 9.48. The molecule has 140 valence electrons. The number of carbonyl (C=O) groups is 1. The fourth-order valence-corrected chi connectivity index (χ4v) is 3.81. The zero-order valence-corrected chi connectivity index (χ0v) is 16.0. The summed E-state index contributed by atoms with van der Waals surface area (Å²) in [5.41, 5.74) is 3.21. The molecule has 0 radical (unpaired) electrons. The largest absolute Gasteiger partial charge is 0.497 e. The van der Waals surface area contributed by atoms with Crippen molar-refractivity contribution in [2.75, 3.05) is 20.2 Å². The van der Waals surface area contributed by atoms with Crippen LogP contribution in [0.4, 0.5) is 0 Å². The van der Waals surface area contributed by atoms with E-state index in [9.17, 15) is 4.79 Å². The maximum absolute atomic E-state index is 12.7. The van der Waals surface area contributed by atoms with E-state index in [1.54, 1.807) is 12.1 Å². The first-order chi connectivity index (χ1) is 13.1. The van der Waals surface area contributed by atoms with Gasteiger partial charge in [0.05, 0.1) is 25.3 Å². The van der Waals surface area contributed by atoms with E-state index >= 15 is 0 Å². The quantitative estimate of drug-likeness (QED) is 0.792. The van der Waals surface area contributed by atoms with Crippen LogP contribution in [0.5, 0.6) is 5.75 Å². The third-order valence-corrected chi connectivity index (χ3v) is 5.36. The van der Waals surface area contributed by atoms with Crippen molar-refractivity contribution < 1.29 is 9.53 Å². The Morgan fingerprint density at radius 1 is 1.15 bits per heavy atom. The lowest BCUT2D eigenvalue weighted by Crippen LogP contribution is -2.41. The smallest absolute Gasteiger partial charge is 0.251 e. The molecular weight excluding hydrogens is 362 g/mol. The average molecular weight is 384 g/mol. The summed E-state index contributed by atoms with van der Waals surface area (Å²) in [5.74, 6) is 0.828. The van der Waals surface area contributed by atoms with Crippen LogP contribution in [0, 0.1) is 5.92 Å². The van der Waals surface area contributed by atoms with Crippen LogP contribution in [-0.4, -0.2) is 41.7 Å². The number of carbonyl (C=O) groups excluding carboxylic acids is 1. The van der Waals surface area contributed by atoms with E-state index in [2.05, 4.69) is 10.0 Å². The molecule has 1 saturated heterocycles. The number of hydrogen-bond acceptors (Lipinski definition) is 4. The topological polar surface area (TPSA) is 45.1 Å². The summed E-state index contributed by atoms with van der Waals surface area (Å²) < 4.78 is 5.26. The Labute approximate surface area is 164 Å². The minimum Gasteiger partial charge on any atom is -0.497 e. The Bertz CT molecular complexity index is 866. The molecule has 2 aromatic carbocycles. The van der Waals surface area contributed by atoms with Crippen molar-refractivity contribution in [3.05, 3.63) is 64.7 Å². The van der Waals surface area contributed by atoms with Crippen LogP contribution in [0.1, 0.15) is 17.5 Å². The highest BCUT2D eigenvalue weighted by Crippen LogP contribution is 2.27. The van der Waals surface area contributed by atoms with E-state index in [0.29, 0.717) is 6.54 Å². The second-order valence-corrected chi connectivity index (χ2v) is 7.45. The van der Waals surface area contributed by atoms with Crippen LogP contribution in [0.15, 0.2) is 53.6 Å². The summed E-state index contributed by atoms with van der Waals surface area (Å²) in [5, 5.41) is 7.00. The van der Waals surface area contributed by atoms with Crippen LogP contribution in [0.2, 0.25) is 5.02 Å². The van der Waals surface area contributed by atoms with Crippen molar-refractivity contribution in [1.29, 1.82) is 0 Å². The van der Waals surface area contributed by atoms with Crippen LogP contribution >= 0.6 is 11.6 Å². The van der Waals surface area contributed by atoms with Gasteiger partial charge in [-0.05, 0) is 41.8 Å². The number of amides is 1. The third kappa shape index (κ3) is 3.99. The molecule has 0 spiro atoms. The molecule has 4 rings (SSSR count). The number of hydrogen-bond donors (Lipinski definition) is 0. The fourth-order valence-electron chi connectivity index (χ4n) is 3.69. The highest BCUT2D eigenvalue weighted by Gasteiger charge is 2.39. The zero-order chi connectivity index (χ0) is 18.8. The van der Waals surface area contributed by atoms with Crippen molar-refractivity contribution in [3.63, 3.8) is 0 Å². The minimum absolute atomic E-state index is 0.0722. The van der Waals surface area contributed by atoms with Crippen LogP contribution in [-0.2, 0) is 17.9 Å². The molecule has 0 aromatic heterocycles. The number of hydrazone groups is 1. The number of nitrogens with zero attached hydrogens (tertiary/aromatic N) is 3. The van der Waals surface area contributed by atoms with Gasteiger partial charge in [0, 0.05) is 24.7 Å². The van der Waals surface area contributed by atoms with Crippen LogP contribution in [0.25, 0.3) is 0 Å². The van der Waals surface area contributed by atoms with Gasteiger partial charge in [0.2, 0.25) is 0 Å². The fraction of sp³-hybridized carbons (Fsp3) is 0.333. The molecule has 2 aromatic rings. The number of likely N-dealkylation sites (tertiary alicyclic amines) is 1. The van der Waals surface area contributed by atoms with Gasteiger partial charge in [0.25, 0.3) is 5.91 Å². The molecule has 2 aliphatic rings. The van der Waals surface area contributed by atoms with Crippen molar-refractivity contribution >= 4 is 23.2 Å². The lowest BCUT2D eigenvalue weighted by Gasteiger charge is -2.29. The number of piperidine rings is 1. The van der Waals surface area contributed by atoms with E-state index in [1.807, 2.05) is 48.5 Å². The third-order valence-electron chi connectivity index (χ3n) is 5.11. The molecule has 0 saturated carbocycles. The molecule has 2 aliphatic heterocycles. The average Bonchev–Trinajstić information content (AvgIpc) is 2.99. The Morgan fingerprint density at radius 2 is 1.96 bits per heavy atom. The lowest BCUT2D eigenvalue weighted by molar-refractivity contribution is -0.132. The van der Waals surface area contributed by atoms with Gasteiger partial charge >= 0.3 is 0 Å². The predicted molar refractivity (Wildman–Crippen MR) is 106 cm³/mol. The Morgan fingerprint density at radius 3 is 2.74 bits per heavy atom. The molecule has 5 nitrogen and oxygen atoms in total. The molecule has 1 amide bonds. The second kappa shape index (κ2) is 7.71. The van der Waals surface area contributed by atoms with Crippen molar-refractivity contribution in [2.45, 2.75) is 19.5 Å². The molecule has 27 heavy (non-hydrogen) atoms. The maximum atomic E-state index is 12.7. The molecule has 0 N–H and O–H groups in total. The molecule has 1 fully saturated rings. The highest BCUT2D eigenvalue weighted by atomic mass is 35.5. The number of methoxy groups -OCH3 is 1. The summed E-state index contributed by atoms with van der Waals surface area (Å²) in [7, 11) is 1.64. The Kier molecular flexibility index (Phi) is 5.14. The molecule has 0 bridgehead atoms. The summed E-state index contributed by atoms with van der Waals surface area (Å²) >= 11 is 5.96. The maximum Gasteiger partial charge on any atom is 0.251 e. The van der Waals surface area contributed by atoms with Crippen molar-refractivity contribution in [3.8, 4) is 5.75 Å². The normalized spacial score (nSPS) is 19.8. The number of halogens is 1. The number of rotatable bonds is 5. The standard InChI is InChI=1S/C21H22ClN3O2/c1-27-18-4-2-3-16(11-18)13-25-21(26)19-9-10-24(14-20(19)23-25)12-15-5-7-17(22)8-6-15/h2-8,11,19H,9-10,12-14H2,1H3. The van der Waals surface area contributed by atoms with E-state index < -0.39 is 0 Å². The number of ether oxygens (including phenoxy) is 1. The predicted octanol–water partition coefficient (Wildman–Crippen LogP) is 3.57. The molecular formula is C21H22ClN3O2. The van der Waals surface area contributed by atoms with E-state index in [0.717, 1.165) is 48.1 Å². The summed E-state index contributed by atoms with van der Waals surface area (Å²) in [6, 6.07) is 15.7. The first-order valence-electron chi connectivity index (χ1n) is 9.11. The molecule has 0 aliphatic carbocycles. The lowest BCUT2D eigenvalue weighted by atomic mass is 9.94. The highest BCUT2D eigenvalue weighted by molar-refractivity contribution is 6.30. The van der Waals surface area contributed by atoms with Gasteiger partial charge in [-0.1, -0.05) is 35.9 Å². The molecule has 2 heterocycles. The van der Waals surface area contributed by atoms with Crippen LogP contribution in [0.3, 0.4) is 0 Å². The molecule has 6 heteroatoms. The van der Waals surface area contributed by atoms with Gasteiger partial charge in [-0.25, -0.2) is 5.01 Å². The first kappa shape index (κ1) is 18.0. The molecule has 1 atom stereocenters. The van der Waals surface area contributed by atoms with E-state index in [-0.39, 0.29) is 11.8 Å². The van der Waals surface area contributed by atoms with Crippen LogP contribution < -0.4 is 4.74 Å². The van der Waals surface area contributed by atoms with Crippen molar-refractivity contribution in [1.82, 2.24) is 9.91 Å². The Hall–Kier alpha value is -2.37. The van der Waals surface area contributed by atoms with E-state index in [1.165, 1.54) is 5.56 Å². The second-order valence-electron chi connectivity index (χ2n) is 7.02. The number of fused-ring (bicyclic) bond motifs is 1. The zero-order valence-electron chi connectivity index (χ0n) is 15.3. The van der Waals surface area contributed by atoms with Gasteiger partial charge in [-0.15, -0.1) is 0 Å². The van der Waals surface area contributed by atoms with Gasteiger partial charge in [0.15, 0.2) is 0 Å². The van der Waals surface area contributed by atoms with Crippen molar-refractivity contribution in [2.24, 2.45) is 11.0 Å². The van der Waals surface area contributed by atoms with E-state index in [4.69, 9.17) is 16.3 Å². The monoisotopic (exact) mass is 383 g/mol. The van der Waals surface area contributed by atoms with Gasteiger partial charge in [-0.3, -0.25) is 9.69 Å². The minimum atomic E-state index is -0.0722. The molecule has 1 unspecified atom stereocenters. The van der Waals surface area contributed by atoms with Gasteiger partial charge in [0.1, 0.15) is 5.75 Å². The Balaban J connectivity index is 1.43. The summed E-state index contributed by atoms with van der Waals surface area (Å²) in [4.78, 5) is 15.1.